The van der Waals surface area contributed by atoms with Gasteiger partial charge in [-0.05, 0) is 11.6 Å². The molecule has 1 N–H and O–H groups in total. The average molecular weight is 255 g/mol. The van der Waals surface area contributed by atoms with Crippen LogP contribution in [0.5, 0.6) is 0 Å². The summed E-state index contributed by atoms with van der Waals surface area (Å²) in [6.45, 7) is -0.0498. The van der Waals surface area contributed by atoms with Crippen LogP contribution in [0.3, 0.4) is 0 Å². The lowest BCUT2D eigenvalue weighted by Gasteiger charge is -2.02. The lowest BCUT2D eigenvalue weighted by atomic mass is 10.2. The molecular formula is C14H13N3O2. The van der Waals surface area contributed by atoms with E-state index in [-0.39, 0.29) is 18.0 Å². The van der Waals surface area contributed by atoms with E-state index in [9.17, 15) is 9.59 Å². The SMILES string of the molecule is O=C(Cn1ccccc1=O)N/N=C\c1ccccc1. The van der Waals surface area contributed by atoms with Gasteiger partial charge in [-0.2, -0.15) is 5.10 Å². The fraction of sp³-hybridized carbons (Fsp3) is 0.0714. The molecular weight excluding hydrogens is 242 g/mol. The number of hydrazone groups is 1. The lowest BCUT2D eigenvalue weighted by molar-refractivity contribution is -0.121. The van der Waals surface area contributed by atoms with E-state index in [0.29, 0.717) is 0 Å². The molecule has 0 aliphatic carbocycles. The second-order valence-electron chi connectivity index (χ2n) is 3.87. The number of aromatic nitrogens is 1. The molecule has 1 heterocycles. The van der Waals surface area contributed by atoms with Crippen LogP contribution in [0.1, 0.15) is 5.56 Å². The van der Waals surface area contributed by atoms with E-state index in [1.54, 1.807) is 24.5 Å². The number of pyridine rings is 1. The molecule has 0 spiro atoms. The molecule has 0 bridgehead atoms. The maximum absolute atomic E-state index is 11.6. The first-order valence-electron chi connectivity index (χ1n) is 5.78. The quantitative estimate of drug-likeness (QED) is 0.654. The second-order valence-corrected chi connectivity index (χ2v) is 3.87. The number of benzene rings is 1. The highest BCUT2D eigenvalue weighted by molar-refractivity contribution is 5.82. The van der Waals surface area contributed by atoms with Gasteiger partial charge in [-0.3, -0.25) is 9.59 Å². The fourth-order valence-corrected chi connectivity index (χ4v) is 1.50. The molecule has 0 atom stereocenters. The van der Waals surface area contributed by atoms with Gasteiger partial charge in [0.1, 0.15) is 6.54 Å². The number of hydrogen-bond acceptors (Lipinski definition) is 3. The van der Waals surface area contributed by atoms with Crippen LogP contribution in [-0.4, -0.2) is 16.7 Å². The maximum atomic E-state index is 11.6. The molecule has 19 heavy (non-hydrogen) atoms. The Kier molecular flexibility index (Phi) is 4.23. The van der Waals surface area contributed by atoms with Crippen molar-refractivity contribution in [3.8, 4) is 0 Å². The molecule has 0 saturated carbocycles. The van der Waals surface area contributed by atoms with Crippen molar-refractivity contribution in [2.24, 2.45) is 5.10 Å². The van der Waals surface area contributed by atoms with Crippen LogP contribution in [0.4, 0.5) is 0 Å². The summed E-state index contributed by atoms with van der Waals surface area (Å²) < 4.78 is 1.31. The van der Waals surface area contributed by atoms with Crippen molar-refractivity contribution in [1.29, 1.82) is 0 Å². The summed E-state index contributed by atoms with van der Waals surface area (Å²) in [5, 5.41) is 3.83. The number of hydrogen-bond donors (Lipinski definition) is 1. The molecule has 0 saturated heterocycles. The van der Waals surface area contributed by atoms with Crippen molar-refractivity contribution in [3.05, 3.63) is 70.6 Å². The third kappa shape index (κ3) is 3.92. The highest BCUT2D eigenvalue weighted by atomic mass is 16.2. The van der Waals surface area contributed by atoms with E-state index in [0.717, 1.165) is 5.56 Å². The van der Waals surface area contributed by atoms with Gasteiger partial charge in [-0.1, -0.05) is 36.4 Å². The Bertz CT molecular complexity index is 632. The molecule has 0 aliphatic rings. The molecule has 2 rings (SSSR count). The molecule has 0 aliphatic heterocycles. The number of carbonyl (C=O) groups excluding carboxylic acids is 1. The van der Waals surface area contributed by atoms with E-state index in [2.05, 4.69) is 10.5 Å². The Morgan fingerprint density at radius 1 is 1.16 bits per heavy atom. The minimum Gasteiger partial charge on any atom is -0.306 e. The van der Waals surface area contributed by atoms with Crippen LogP contribution in [0, 0.1) is 0 Å². The highest BCUT2D eigenvalue weighted by Gasteiger charge is 2.01. The molecule has 1 aromatic heterocycles. The normalized spacial score (nSPS) is 10.5. The Hall–Kier alpha value is -2.69. The predicted octanol–water partition coefficient (Wildman–Crippen LogP) is 0.999. The number of rotatable bonds is 4. The summed E-state index contributed by atoms with van der Waals surface area (Å²) in [6, 6.07) is 14.1. The van der Waals surface area contributed by atoms with Crippen molar-refractivity contribution in [2.75, 3.05) is 0 Å². The number of amides is 1. The first kappa shape index (κ1) is 12.8. The molecule has 5 nitrogen and oxygen atoms in total. The van der Waals surface area contributed by atoms with Crippen LogP contribution in [0.2, 0.25) is 0 Å². The van der Waals surface area contributed by atoms with E-state index in [1.165, 1.54) is 10.6 Å². The summed E-state index contributed by atoms with van der Waals surface area (Å²) in [5.41, 5.74) is 3.05. The van der Waals surface area contributed by atoms with E-state index in [4.69, 9.17) is 0 Å². The van der Waals surface area contributed by atoms with Crippen LogP contribution >= 0.6 is 0 Å². The monoisotopic (exact) mass is 255 g/mol. The third-order valence-corrected chi connectivity index (χ3v) is 2.42. The topological polar surface area (TPSA) is 63.5 Å². The molecule has 0 fully saturated rings. The molecule has 0 radical (unpaired) electrons. The van der Waals surface area contributed by atoms with Crippen molar-refractivity contribution in [3.63, 3.8) is 0 Å². The summed E-state index contributed by atoms with van der Waals surface area (Å²) >= 11 is 0. The van der Waals surface area contributed by atoms with Gasteiger partial charge in [0.15, 0.2) is 0 Å². The van der Waals surface area contributed by atoms with Crippen molar-refractivity contribution in [2.45, 2.75) is 6.54 Å². The van der Waals surface area contributed by atoms with E-state index < -0.39 is 0 Å². The number of carbonyl (C=O) groups is 1. The van der Waals surface area contributed by atoms with Crippen LogP contribution < -0.4 is 11.0 Å². The van der Waals surface area contributed by atoms with Gasteiger partial charge >= 0.3 is 0 Å². The number of nitrogens with zero attached hydrogens (tertiary/aromatic N) is 2. The molecule has 1 aromatic carbocycles. The first-order chi connectivity index (χ1) is 9.25. The summed E-state index contributed by atoms with van der Waals surface area (Å²) in [4.78, 5) is 23.0. The van der Waals surface area contributed by atoms with Crippen LogP contribution in [-0.2, 0) is 11.3 Å². The first-order valence-corrected chi connectivity index (χ1v) is 5.78. The largest absolute Gasteiger partial charge is 0.306 e. The summed E-state index contributed by atoms with van der Waals surface area (Å²) in [7, 11) is 0. The van der Waals surface area contributed by atoms with Gasteiger partial charge < -0.3 is 4.57 Å². The van der Waals surface area contributed by atoms with Crippen molar-refractivity contribution in [1.82, 2.24) is 9.99 Å². The summed E-state index contributed by atoms with van der Waals surface area (Å²) in [5.74, 6) is -0.347. The zero-order valence-electron chi connectivity index (χ0n) is 10.2. The second kappa shape index (κ2) is 6.30. The van der Waals surface area contributed by atoms with Gasteiger partial charge in [-0.15, -0.1) is 0 Å². The van der Waals surface area contributed by atoms with Crippen molar-refractivity contribution < 1.29 is 4.79 Å². The molecule has 2 aromatic rings. The highest BCUT2D eigenvalue weighted by Crippen LogP contribution is 1.93. The minimum atomic E-state index is -0.347. The fourth-order valence-electron chi connectivity index (χ4n) is 1.50. The number of nitrogens with one attached hydrogen (secondary N) is 1. The minimum absolute atomic E-state index is 0.0498. The lowest BCUT2D eigenvalue weighted by Crippen LogP contribution is -2.28. The van der Waals surface area contributed by atoms with Gasteiger partial charge in [0, 0.05) is 12.3 Å². The van der Waals surface area contributed by atoms with Gasteiger partial charge in [0.25, 0.3) is 11.5 Å². The molecule has 96 valence electrons. The maximum Gasteiger partial charge on any atom is 0.260 e. The molecule has 5 heteroatoms. The Morgan fingerprint density at radius 3 is 2.63 bits per heavy atom. The van der Waals surface area contributed by atoms with Gasteiger partial charge in [0.05, 0.1) is 6.21 Å². The van der Waals surface area contributed by atoms with Crippen molar-refractivity contribution >= 4 is 12.1 Å². The molecule has 0 unspecified atom stereocenters. The average Bonchev–Trinajstić information content (AvgIpc) is 2.43. The third-order valence-electron chi connectivity index (χ3n) is 2.42. The Balaban J connectivity index is 1.91. The Morgan fingerprint density at radius 2 is 1.89 bits per heavy atom. The van der Waals surface area contributed by atoms with Crippen LogP contribution in [0.25, 0.3) is 0 Å². The van der Waals surface area contributed by atoms with Crippen LogP contribution in [0.15, 0.2) is 64.6 Å². The standard InChI is InChI=1S/C14H13N3O2/c18-13(11-17-9-5-4-8-14(17)19)16-15-10-12-6-2-1-3-7-12/h1-10H,11H2,(H,16,18)/b15-10-. The summed E-state index contributed by atoms with van der Waals surface area (Å²) in [6.07, 6.45) is 3.11. The predicted molar refractivity (Wildman–Crippen MR) is 72.9 cm³/mol. The molecule has 1 amide bonds. The van der Waals surface area contributed by atoms with Gasteiger partial charge in [-0.25, -0.2) is 5.43 Å². The zero-order valence-corrected chi connectivity index (χ0v) is 10.2. The Labute approximate surface area is 110 Å². The van der Waals surface area contributed by atoms with Gasteiger partial charge in [0.2, 0.25) is 0 Å². The zero-order chi connectivity index (χ0) is 13.5. The van der Waals surface area contributed by atoms with E-state index >= 15 is 0 Å². The van der Waals surface area contributed by atoms with E-state index in [1.807, 2.05) is 30.3 Å². The smallest absolute Gasteiger partial charge is 0.260 e.